The molecular weight excluding hydrogens is 184 g/mol. The Labute approximate surface area is 94.4 Å². The van der Waals surface area contributed by atoms with E-state index in [9.17, 15) is 0 Å². The van der Waals surface area contributed by atoms with E-state index in [2.05, 4.69) is 24.2 Å². The molecule has 0 saturated carbocycles. The fourth-order valence-electron chi connectivity index (χ4n) is 3.31. The van der Waals surface area contributed by atoms with Gasteiger partial charge < -0.3 is 10.2 Å². The quantitative estimate of drug-likeness (QED) is 0.749. The average molecular weight is 210 g/mol. The topological polar surface area (TPSA) is 15.3 Å². The van der Waals surface area contributed by atoms with Crippen molar-refractivity contribution in [3.05, 3.63) is 0 Å². The van der Waals surface area contributed by atoms with E-state index < -0.39 is 0 Å². The van der Waals surface area contributed by atoms with Crippen molar-refractivity contribution in [1.82, 2.24) is 10.2 Å². The zero-order chi connectivity index (χ0) is 10.7. The molecule has 0 amide bonds. The number of rotatable bonds is 5. The molecule has 88 valence electrons. The van der Waals surface area contributed by atoms with Gasteiger partial charge in [0.2, 0.25) is 0 Å². The smallest absolute Gasteiger partial charge is 0.00728 e. The second kappa shape index (κ2) is 5.31. The monoisotopic (exact) mass is 210 g/mol. The van der Waals surface area contributed by atoms with Crippen molar-refractivity contribution < 1.29 is 0 Å². The van der Waals surface area contributed by atoms with E-state index >= 15 is 0 Å². The van der Waals surface area contributed by atoms with Crippen molar-refractivity contribution >= 4 is 0 Å². The van der Waals surface area contributed by atoms with Crippen LogP contribution in [0.5, 0.6) is 0 Å². The van der Waals surface area contributed by atoms with Gasteiger partial charge in [0, 0.05) is 12.1 Å². The second-order valence-electron chi connectivity index (χ2n) is 5.57. The molecule has 2 unspecified atom stereocenters. The van der Waals surface area contributed by atoms with Gasteiger partial charge in [-0.2, -0.15) is 0 Å². The molecular formula is C13H26N2. The van der Waals surface area contributed by atoms with Crippen molar-refractivity contribution in [3.8, 4) is 0 Å². The number of hydrogen-bond acceptors (Lipinski definition) is 2. The summed E-state index contributed by atoms with van der Waals surface area (Å²) in [5, 5.41) is 3.72. The molecule has 2 rings (SSSR count). The number of nitrogens with zero attached hydrogens (tertiary/aromatic N) is 1. The third-order valence-corrected chi connectivity index (χ3v) is 4.10. The molecule has 0 aromatic rings. The lowest BCUT2D eigenvalue weighted by Gasteiger charge is -2.30. The summed E-state index contributed by atoms with van der Waals surface area (Å²) in [6.45, 7) is 4.83. The van der Waals surface area contributed by atoms with Crippen molar-refractivity contribution in [2.24, 2.45) is 5.92 Å². The lowest BCUT2D eigenvalue weighted by Crippen LogP contribution is -2.39. The third-order valence-electron chi connectivity index (χ3n) is 4.10. The lowest BCUT2D eigenvalue weighted by atomic mass is 9.89. The molecule has 0 spiro atoms. The van der Waals surface area contributed by atoms with Gasteiger partial charge in [0.05, 0.1) is 0 Å². The first-order valence-electron chi connectivity index (χ1n) is 6.72. The van der Waals surface area contributed by atoms with Gasteiger partial charge in [0.1, 0.15) is 0 Å². The molecule has 0 radical (unpaired) electrons. The number of fused-ring (bicyclic) bond motifs is 2. The molecule has 2 aliphatic heterocycles. The van der Waals surface area contributed by atoms with E-state index in [0.29, 0.717) is 0 Å². The summed E-state index contributed by atoms with van der Waals surface area (Å²) in [5.41, 5.74) is 0. The van der Waals surface area contributed by atoms with E-state index in [-0.39, 0.29) is 0 Å². The molecule has 2 bridgehead atoms. The molecule has 2 nitrogen and oxygen atoms in total. The van der Waals surface area contributed by atoms with Gasteiger partial charge in [-0.25, -0.2) is 0 Å². The molecule has 2 saturated heterocycles. The normalized spacial score (nSPS) is 35.0. The Kier molecular flexibility index (Phi) is 4.04. The average Bonchev–Trinajstić information content (AvgIpc) is 2.56. The summed E-state index contributed by atoms with van der Waals surface area (Å²) in [5.74, 6) is 1.00. The Hall–Kier alpha value is -0.0800. The van der Waals surface area contributed by atoms with E-state index in [1.165, 1.54) is 51.6 Å². The van der Waals surface area contributed by atoms with Crippen LogP contribution in [0.4, 0.5) is 0 Å². The van der Waals surface area contributed by atoms with E-state index in [4.69, 9.17) is 0 Å². The molecule has 0 aliphatic carbocycles. The van der Waals surface area contributed by atoms with E-state index in [1.807, 2.05) is 0 Å². The van der Waals surface area contributed by atoms with Crippen LogP contribution >= 0.6 is 0 Å². The SMILES string of the molecule is CCCN(C)CCC1CC2CCC(C1)N2. The first-order valence-corrected chi connectivity index (χ1v) is 6.72. The predicted octanol–water partition coefficient (Wildman–Crippen LogP) is 2.25. The van der Waals surface area contributed by atoms with Crippen molar-refractivity contribution in [3.63, 3.8) is 0 Å². The zero-order valence-corrected chi connectivity index (χ0v) is 10.3. The predicted molar refractivity (Wildman–Crippen MR) is 65.1 cm³/mol. The summed E-state index contributed by atoms with van der Waals surface area (Å²) in [4.78, 5) is 2.49. The van der Waals surface area contributed by atoms with Crippen LogP contribution in [0.25, 0.3) is 0 Å². The van der Waals surface area contributed by atoms with Crippen LogP contribution in [0.1, 0.15) is 45.4 Å². The number of piperidine rings is 1. The molecule has 0 aromatic carbocycles. The largest absolute Gasteiger partial charge is 0.311 e. The minimum Gasteiger partial charge on any atom is -0.311 e. The van der Waals surface area contributed by atoms with E-state index in [1.54, 1.807) is 0 Å². The molecule has 2 atom stereocenters. The zero-order valence-electron chi connectivity index (χ0n) is 10.3. The van der Waals surface area contributed by atoms with Crippen molar-refractivity contribution in [2.45, 2.75) is 57.5 Å². The summed E-state index contributed by atoms with van der Waals surface area (Å²) < 4.78 is 0. The van der Waals surface area contributed by atoms with Gasteiger partial charge in [-0.15, -0.1) is 0 Å². The summed E-state index contributed by atoms with van der Waals surface area (Å²) in [6.07, 6.45) is 8.46. The van der Waals surface area contributed by atoms with Crippen molar-refractivity contribution in [2.75, 3.05) is 20.1 Å². The first-order chi connectivity index (χ1) is 7.28. The van der Waals surface area contributed by atoms with Gasteiger partial charge in [0.15, 0.2) is 0 Å². The Morgan fingerprint density at radius 3 is 2.40 bits per heavy atom. The van der Waals surface area contributed by atoms with Crippen LogP contribution in [0, 0.1) is 5.92 Å². The fourth-order valence-corrected chi connectivity index (χ4v) is 3.31. The Bertz CT molecular complexity index is 181. The highest BCUT2D eigenvalue weighted by Crippen LogP contribution is 2.32. The second-order valence-corrected chi connectivity index (χ2v) is 5.57. The fraction of sp³-hybridized carbons (Fsp3) is 1.00. The molecule has 1 N–H and O–H groups in total. The third kappa shape index (κ3) is 3.18. The summed E-state index contributed by atoms with van der Waals surface area (Å²) in [7, 11) is 2.26. The van der Waals surface area contributed by atoms with Crippen LogP contribution in [0.3, 0.4) is 0 Å². The maximum atomic E-state index is 3.72. The Balaban J connectivity index is 1.67. The molecule has 2 heterocycles. The molecule has 2 fully saturated rings. The highest BCUT2D eigenvalue weighted by atomic mass is 15.1. The molecule has 15 heavy (non-hydrogen) atoms. The maximum absolute atomic E-state index is 3.72. The van der Waals surface area contributed by atoms with Gasteiger partial charge in [-0.3, -0.25) is 0 Å². The van der Waals surface area contributed by atoms with Crippen LogP contribution in [-0.4, -0.2) is 37.1 Å². The highest BCUT2D eigenvalue weighted by molar-refractivity contribution is 4.91. The van der Waals surface area contributed by atoms with Crippen LogP contribution in [0.2, 0.25) is 0 Å². The van der Waals surface area contributed by atoms with Gasteiger partial charge >= 0.3 is 0 Å². The molecule has 0 aromatic heterocycles. The number of hydrogen-bond donors (Lipinski definition) is 1. The van der Waals surface area contributed by atoms with E-state index in [0.717, 1.165) is 18.0 Å². The van der Waals surface area contributed by atoms with Crippen LogP contribution < -0.4 is 5.32 Å². The lowest BCUT2D eigenvalue weighted by molar-refractivity contribution is 0.242. The summed E-state index contributed by atoms with van der Waals surface area (Å²) >= 11 is 0. The molecule has 2 heteroatoms. The van der Waals surface area contributed by atoms with Crippen LogP contribution in [-0.2, 0) is 0 Å². The van der Waals surface area contributed by atoms with Crippen molar-refractivity contribution in [1.29, 1.82) is 0 Å². The Morgan fingerprint density at radius 1 is 1.13 bits per heavy atom. The van der Waals surface area contributed by atoms with Gasteiger partial charge in [-0.05, 0) is 64.6 Å². The van der Waals surface area contributed by atoms with Gasteiger partial charge in [0.25, 0.3) is 0 Å². The minimum absolute atomic E-state index is 0.866. The highest BCUT2D eigenvalue weighted by Gasteiger charge is 2.32. The first kappa shape index (κ1) is 11.4. The standard InChI is InChI=1S/C13H26N2/c1-3-7-15(2)8-6-11-9-12-4-5-13(10-11)14-12/h11-14H,3-10H2,1-2H3. The Morgan fingerprint density at radius 2 is 1.80 bits per heavy atom. The van der Waals surface area contributed by atoms with Gasteiger partial charge in [-0.1, -0.05) is 6.92 Å². The molecule has 2 aliphatic rings. The minimum atomic E-state index is 0.866. The van der Waals surface area contributed by atoms with Crippen LogP contribution in [0.15, 0.2) is 0 Å². The number of nitrogens with one attached hydrogen (secondary N) is 1. The summed E-state index contributed by atoms with van der Waals surface area (Å²) in [6, 6.07) is 1.73. The maximum Gasteiger partial charge on any atom is 0.00728 e.